The van der Waals surface area contributed by atoms with Gasteiger partial charge in [0.05, 0.1) is 12.7 Å². The summed E-state index contributed by atoms with van der Waals surface area (Å²) in [5, 5.41) is 3.48. The van der Waals surface area contributed by atoms with Crippen LogP contribution in [0.4, 0.5) is 27.6 Å². The number of nitrogens with zero attached hydrogens (tertiary/aromatic N) is 2. The number of aldehydes is 1. The number of carbonyl (C=O) groups excluding carboxylic acids is 3. The monoisotopic (exact) mass is 683 g/mol. The van der Waals surface area contributed by atoms with Crippen molar-refractivity contribution in [1.29, 1.82) is 0 Å². The van der Waals surface area contributed by atoms with E-state index in [4.69, 9.17) is 0 Å². The minimum atomic E-state index is -4.73. The highest BCUT2D eigenvalue weighted by molar-refractivity contribution is 6.22. The molecule has 0 aliphatic heterocycles. The van der Waals surface area contributed by atoms with Crippen LogP contribution < -0.4 is 10.2 Å². The molecule has 0 spiro atoms. The Balaban J connectivity index is 0.000000341. The summed E-state index contributed by atoms with van der Waals surface area (Å²) in [6, 6.07) is 18.8. The van der Waals surface area contributed by atoms with Gasteiger partial charge in [0.15, 0.2) is 6.29 Å². The second-order valence-corrected chi connectivity index (χ2v) is 11.5. The van der Waals surface area contributed by atoms with Crippen LogP contribution in [0.3, 0.4) is 0 Å². The van der Waals surface area contributed by atoms with Gasteiger partial charge in [-0.1, -0.05) is 48.5 Å². The molecule has 1 amide bonds. The van der Waals surface area contributed by atoms with Crippen molar-refractivity contribution < 1.29 is 41.1 Å². The molecule has 0 aromatic heterocycles. The van der Waals surface area contributed by atoms with Crippen LogP contribution in [0.5, 0.6) is 0 Å². The lowest BCUT2D eigenvalue weighted by Crippen LogP contribution is -2.31. The van der Waals surface area contributed by atoms with E-state index in [2.05, 4.69) is 4.74 Å². The summed E-state index contributed by atoms with van der Waals surface area (Å²) in [6.45, 7) is 2.16. The van der Waals surface area contributed by atoms with Gasteiger partial charge in [0.25, 0.3) is 5.91 Å². The molecule has 4 rings (SSSR count). The zero-order valence-electron chi connectivity index (χ0n) is 28.0. The zero-order valence-corrected chi connectivity index (χ0v) is 28.0. The van der Waals surface area contributed by atoms with Crippen molar-refractivity contribution >= 4 is 45.8 Å². The Morgan fingerprint density at radius 2 is 1.47 bits per heavy atom. The summed E-state index contributed by atoms with van der Waals surface area (Å²) in [6.07, 6.45) is -3.79. The van der Waals surface area contributed by atoms with E-state index in [9.17, 15) is 36.3 Å². The average Bonchev–Trinajstić information content (AvgIpc) is 3.04. The van der Waals surface area contributed by atoms with Crippen LogP contribution in [0.1, 0.15) is 32.6 Å². The molecule has 0 saturated carbocycles. The number of methoxy groups -OCH3 is 1. The quantitative estimate of drug-likeness (QED) is 0.0648. The predicted molar refractivity (Wildman–Crippen MR) is 181 cm³/mol. The number of hydrogen-bond acceptors (Lipinski definition) is 6. The Kier molecular flexibility index (Phi) is 13.2. The van der Waals surface area contributed by atoms with E-state index in [0.717, 1.165) is 41.8 Å². The smallest absolute Gasteiger partial charge is 0.417 e. The number of likely N-dealkylation sites (N-methyl/N-ethyl adjacent to an activating group) is 1. The minimum absolute atomic E-state index is 0.00973. The summed E-state index contributed by atoms with van der Waals surface area (Å²) in [4.78, 5) is 37.9. The van der Waals surface area contributed by atoms with Crippen LogP contribution in [0.25, 0.3) is 21.9 Å². The van der Waals surface area contributed by atoms with Crippen LogP contribution in [0.2, 0.25) is 0 Å². The number of ether oxygens (including phenoxy) is 1. The molecule has 0 bridgehead atoms. The number of fused-ring (bicyclic) bond motifs is 1. The van der Waals surface area contributed by atoms with Crippen molar-refractivity contribution in [3.8, 4) is 0 Å². The second-order valence-electron chi connectivity index (χ2n) is 11.5. The normalized spacial score (nSPS) is 11.8. The van der Waals surface area contributed by atoms with Crippen molar-refractivity contribution in [3.63, 3.8) is 0 Å². The van der Waals surface area contributed by atoms with Crippen molar-refractivity contribution in [2.24, 2.45) is 0 Å². The SMILES string of the molecule is COC(=O)CNC(=O)c1c(F)cccc1F.Cc1cccc2c(/C(C=O)=C(/c3cc(CCN(C)C)ccc3N(C)C)C(F)(F)F)cccc12. The molecule has 12 heteroatoms. The van der Waals surface area contributed by atoms with Gasteiger partial charge >= 0.3 is 12.1 Å². The molecule has 49 heavy (non-hydrogen) atoms. The minimum Gasteiger partial charge on any atom is -0.468 e. The summed E-state index contributed by atoms with van der Waals surface area (Å²) in [5.74, 6) is -3.67. The molecule has 7 nitrogen and oxygen atoms in total. The first kappa shape index (κ1) is 38.3. The lowest BCUT2D eigenvalue weighted by Gasteiger charge is -2.24. The van der Waals surface area contributed by atoms with Gasteiger partial charge in [-0.3, -0.25) is 14.4 Å². The molecule has 0 atom stereocenters. The fourth-order valence-corrected chi connectivity index (χ4v) is 5.12. The van der Waals surface area contributed by atoms with E-state index in [1.54, 1.807) is 55.4 Å². The predicted octanol–water partition coefficient (Wildman–Crippen LogP) is 6.86. The Bertz CT molecular complexity index is 1830. The fourth-order valence-electron chi connectivity index (χ4n) is 5.12. The van der Waals surface area contributed by atoms with Gasteiger partial charge in [-0.05, 0) is 79.2 Å². The van der Waals surface area contributed by atoms with Crippen LogP contribution in [-0.4, -0.2) is 77.6 Å². The number of aryl methyl sites for hydroxylation is 1. The van der Waals surface area contributed by atoms with Gasteiger partial charge in [-0.2, -0.15) is 13.2 Å². The summed E-state index contributed by atoms with van der Waals surface area (Å²) in [7, 11) is 8.38. The molecule has 260 valence electrons. The highest BCUT2D eigenvalue weighted by Gasteiger charge is 2.39. The number of allylic oxidation sites excluding steroid dienone is 2. The number of rotatable bonds is 10. The molecule has 0 fully saturated rings. The van der Waals surface area contributed by atoms with Crippen LogP contribution in [0.15, 0.2) is 72.8 Å². The molecule has 4 aromatic carbocycles. The van der Waals surface area contributed by atoms with E-state index in [1.807, 2.05) is 49.4 Å². The highest BCUT2D eigenvalue weighted by Crippen LogP contribution is 2.44. The van der Waals surface area contributed by atoms with Gasteiger partial charge in [0, 0.05) is 37.5 Å². The summed E-state index contributed by atoms with van der Waals surface area (Å²) >= 11 is 0. The molecular weight excluding hydrogens is 645 g/mol. The fraction of sp³-hybridized carbons (Fsp3) is 0.270. The zero-order chi connectivity index (χ0) is 36.5. The van der Waals surface area contributed by atoms with Gasteiger partial charge < -0.3 is 19.9 Å². The average molecular weight is 684 g/mol. The maximum atomic E-state index is 14.7. The van der Waals surface area contributed by atoms with E-state index >= 15 is 0 Å². The van der Waals surface area contributed by atoms with E-state index in [-0.39, 0.29) is 16.7 Å². The standard InChI is InChI=1S/C27H29F3N2O.C10H9F2NO3/c1-18-8-6-10-21-20(18)9-7-11-22(21)24(17-33)26(27(28,29)30)23-16-19(14-15-31(2)3)12-13-25(23)32(4)5;1-16-8(14)5-13-10(15)9-6(11)3-2-4-7(9)12/h6-13,16-17H,14-15H2,1-5H3;2-4H,5H2,1H3,(H,13,15)/b26-24-;. The molecule has 0 radical (unpaired) electrons. The molecule has 0 saturated heterocycles. The lowest BCUT2D eigenvalue weighted by molar-refractivity contribution is -0.139. The maximum Gasteiger partial charge on any atom is 0.417 e. The number of benzene rings is 4. The molecule has 0 heterocycles. The van der Waals surface area contributed by atoms with Crippen molar-refractivity contribution in [3.05, 3.63) is 112 Å². The van der Waals surface area contributed by atoms with Crippen molar-refractivity contribution in [2.75, 3.05) is 53.3 Å². The molecule has 0 aliphatic carbocycles. The number of nitrogens with one attached hydrogen (secondary N) is 1. The number of anilines is 1. The molecule has 1 N–H and O–H groups in total. The Labute approximate surface area is 282 Å². The maximum absolute atomic E-state index is 14.7. The first-order chi connectivity index (χ1) is 23.1. The second kappa shape index (κ2) is 16.8. The molecule has 4 aromatic rings. The number of carbonyl (C=O) groups is 3. The third-order valence-electron chi connectivity index (χ3n) is 7.57. The van der Waals surface area contributed by atoms with E-state index < -0.39 is 47.4 Å². The largest absolute Gasteiger partial charge is 0.468 e. The third kappa shape index (κ3) is 9.73. The lowest BCUT2D eigenvalue weighted by atomic mass is 9.89. The number of hydrogen-bond donors (Lipinski definition) is 1. The number of alkyl halides is 3. The number of esters is 1. The van der Waals surface area contributed by atoms with Crippen LogP contribution in [0, 0.1) is 18.6 Å². The van der Waals surface area contributed by atoms with Gasteiger partial charge in [0.2, 0.25) is 0 Å². The first-order valence-electron chi connectivity index (χ1n) is 15.1. The Hall–Kier alpha value is -5.10. The number of halogens is 5. The topological polar surface area (TPSA) is 78.9 Å². The van der Waals surface area contributed by atoms with Gasteiger partial charge in [-0.15, -0.1) is 0 Å². The highest BCUT2D eigenvalue weighted by atomic mass is 19.4. The molecule has 0 unspecified atom stereocenters. The Morgan fingerprint density at radius 1 is 0.857 bits per heavy atom. The molecule has 0 aliphatic rings. The Morgan fingerprint density at radius 3 is 2.04 bits per heavy atom. The van der Waals surface area contributed by atoms with E-state index in [1.165, 1.54) is 0 Å². The van der Waals surface area contributed by atoms with Crippen LogP contribution in [-0.2, 0) is 20.7 Å². The van der Waals surface area contributed by atoms with Crippen molar-refractivity contribution in [2.45, 2.75) is 19.5 Å². The van der Waals surface area contributed by atoms with Gasteiger partial charge in [0.1, 0.15) is 23.7 Å². The van der Waals surface area contributed by atoms with Crippen LogP contribution >= 0.6 is 0 Å². The first-order valence-corrected chi connectivity index (χ1v) is 15.1. The summed E-state index contributed by atoms with van der Waals surface area (Å²) in [5.41, 5.74) is 0.432. The number of amides is 1. The van der Waals surface area contributed by atoms with Crippen molar-refractivity contribution in [1.82, 2.24) is 10.2 Å². The van der Waals surface area contributed by atoms with E-state index in [0.29, 0.717) is 30.3 Å². The third-order valence-corrected chi connectivity index (χ3v) is 7.57. The summed E-state index contributed by atoms with van der Waals surface area (Å²) < 4.78 is 74.4. The molecular formula is C37H38F5N3O4. The van der Waals surface area contributed by atoms with Gasteiger partial charge in [-0.25, -0.2) is 8.78 Å².